The number of nitrogens with zero attached hydrogens (tertiary/aromatic N) is 2. The van der Waals surface area contributed by atoms with Crippen LogP contribution in [0.3, 0.4) is 0 Å². The number of aliphatic imine (C=N–C) groups is 1. The van der Waals surface area contributed by atoms with Gasteiger partial charge in [-0.3, -0.25) is 9.69 Å². The Labute approximate surface area is 228 Å². The van der Waals surface area contributed by atoms with Crippen molar-refractivity contribution in [2.75, 3.05) is 19.8 Å². The molecule has 0 atom stereocenters. The SMILES string of the molecule is CCN(Cc1cccc(C2=NC(c3ccccc3)(c3ccccc3)C(=O)N2)c1)Cc1ccc2c(c1)OCCO2. The second-order valence-corrected chi connectivity index (χ2v) is 9.84. The molecule has 0 radical (unpaired) electrons. The van der Waals surface area contributed by atoms with E-state index in [2.05, 4.69) is 41.4 Å². The van der Waals surface area contributed by atoms with Gasteiger partial charge in [-0.15, -0.1) is 0 Å². The highest BCUT2D eigenvalue weighted by Gasteiger charge is 2.47. The minimum absolute atomic E-state index is 0.144. The topological polar surface area (TPSA) is 63.2 Å². The number of fused-ring (bicyclic) bond motifs is 1. The first-order chi connectivity index (χ1) is 19.2. The second-order valence-electron chi connectivity index (χ2n) is 9.84. The second kappa shape index (κ2) is 10.8. The van der Waals surface area contributed by atoms with Gasteiger partial charge in [0, 0.05) is 18.7 Å². The maximum Gasteiger partial charge on any atom is 0.262 e. The summed E-state index contributed by atoms with van der Waals surface area (Å²) in [4.78, 5) is 21.1. The van der Waals surface area contributed by atoms with Gasteiger partial charge in [-0.05, 0) is 47.0 Å². The van der Waals surface area contributed by atoms with Crippen molar-refractivity contribution in [2.45, 2.75) is 25.6 Å². The van der Waals surface area contributed by atoms with E-state index in [1.54, 1.807) is 0 Å². The van der Waals surface area contributed by atoms with Crippen LogP contribution in [-0.4, -0.2) is 36.4 Å². The van der Waals surface area contributed by atoms with Gasteiger partial charge in [0.1, 0.15) is 19.0 Å². The van der Waals surface area contributed by atoms with Crippen LogP contribution in [0.15, 0.2) is 108 Å². The van der Waals surface area contributed by atoms with Gasteiger partial charge in [-0.1, -0.05) is 91.9 Å². The Morgan fingerprint density at radius 3 is 2.08 bits per heavy atom. The maximum absolute atomic E-state index is 13.6. The smallest absolute Gasteiger partial charge is 0.262 e. The third kappa shape index (κ3) is 4.91. The predicted octanol–water partition coefficient (Wildman–Crippen LogP) is 5.30. The summed E-state index contributed by atoms with van der Waals surface area (Å²) in [6.07, 6.45) is 0. The molecule has 0 bridgehead atoms. The number of ether oxygens (including phenoxy) is 2. The van der Waals surface area contributed by atoms with E-state index in [0.29, 0.717) is 19.0 Å². The molecule has 2 heterocycles. The van der Waals surface area contributed by atoms with Crippen molar-refractivity contribution in [2.24, 2.45) is 4.99 Å². The molecule has 4 aromatic rings. The van der Waals surface area contributed by atoms with Gasteiger partial charge in [-0.25, -0.2) is 4.99 Å². The van der Waals surface area contributed by atoms with Crippen molar-refractivity contribution < 1.29 is 14.3 Å². The molecule has 0 aromatic heterocycles. The average molecular weight is 518 g/mol. The summed E-state index contributed by atoms with van der Waals surface area (Å²) in [6, 6.07) is 34.0. The minimum Gasteiger partial charge on any atom is -0.486 e. The van der Waals surface area contributed by atoms with Crippen LogP contribution in [-0.2, 0) is 23.4 Å². The van der Waals surface area contributed by atoms with Crippen LogP contribution in [0.1, 0.15) is 34.7 Å². The fourth-order valence-electron chi connectivity index (χ4n) is 5.30. The molecule has 0 fully saturated rings. The van der Waals surface area contributed by atoms with Gasteiger partial charge < -0.3 is 14.8 Å². The Morgan fingerprint density at radius 1 is 0.769 bits per heavy atom. The molecule has 196 valence electrons. The molecule has 4 aromatic carbocycles. The highest BCUT2D eigenvalue weighted by Crippen LogP contribution is 2.38. The molecule has 6 heteroatoms. The molecule has 2 aliphatic heterocycles. The molecule has 6 rings (SSSR count). The van der Waals surface area contributed by atoms with Crippen molar-refractivity contribution >= 4 is 11.7 Å². The van der Waals surface area contributed by atoms with Crippen molar-refractivity contribution in [3.8, 4) is 11.5 Å². The Bertz CT molecular complexity index is 1460. The van der Waals surface area contributed by atoms with E-state index in [9.17, 15) is 4.79 Å². The summed E-state index contributed by atoms with van der Waals surface area (Å²) in [7, 11) is 0. The van der Waals surface area contributed by atoms with Gasteiger partial charge in [0.15, 0.2) is 17.0 Å². The van der Waals surface area contributed by atoms with Gasteiger partial charge >= 0.3 is 0 Å². The van der Waals surface area contributed by atoms with Crippen molar-refractivity contribution in [3.63, 3.8) is 0 Å². The molecular formula is C33H31N3O3. The molecule has 0 saturated heterocycles. The van der Waals surface area contributed by atoms with Crippen LogP contribution in [0, 0.1) is 0 Å². The molecule has 0 spiro atoms. The number of hydrogen-bond acceptors (Lipinski definition) is 5. The van der Waals surface area contributed by atoms with Crippen LogP contribution in [0.2, 0.25) is 0 Å². The summed E-state index contributed by atoms with van der Waals surface area (Å²) in [5, 5.41) is 3.09. The number of rotatable bonds is 8. The molecule has 0 unspecified atom stereocenters. The number of benzene rings is 4. The molecule has 39 heavy (non-hydrogen) atoms. The lowest BCUT2D eigenvalue weighted by molar-refractivity contribution is -0.122. The van der Waals surface area contributed by atoms with E-state index in [1.165, 1.54) is 5.56 Å². The predicted molar refractivity (Wildman–Crippen MR) is 152 cm³/mol. The van der Waals surface area contributed by atoms with E-state index in [1.807, 2.05) is 78.9 Å². The van der Waals surface area contributed by atoms with E-state index < -0.39 is 5.54 Å². The third-order valence-electron chi connectivity index (χ3n) is 7.29. The summed E-state index contributed by atoms with van der Waals surface area (Å²) in [5.41, 5.74) is 3.79. The Balaban J connectivity index is 1.27. The molecule has 6 nitrogen and oxygen atoms in total. The Kier molecular flexibility index (Phi) is 6.86. The Hall–Kier alpha value is -4.42. The van der Waals surface area contributed by atoms with Gasteiger partial charge in [-0.2, -0.15) is 0 Å². The van der Waals surface area contributed by atoms with E-state index in [4.69, 9.17) is 14.5 Å². The van der Waals surface area contributed by atoms with Crippen LogP contribution in [0.5, 0.6) is 11.5 Å². The number of carbonyl (C=O) groups excluding carboxylic acids is 1. The summed E-state index contributed by atoms with van der Waals surface area (Å²) in [6.45, 7) is 5.78. The first kappa shape index (κ1) is 24.9. The highest BCUT2D eigenvalue weighted by molar-refractivity contribution is 6.16. The summed E-state index contributed by atoms with van der Waals surface area (Å²) >= 11 is 0. The quantitative estimate of drug-likeness (QED) is 0.345. The van der Waals surface area contributed by atoms with Crippen LogP contribution in [0.25, 0.3) is 0 Å². The minimum atomic E-state index is -1.12. The fourth-order valence-corrected chi connectivity index (χ4v) is 5.30. The zero-order chi connectivity index (χ0) is 26.7. The van der Waals surface area contributed by atoms with Gasteiger partial charge in [0.25, 0.3) is 5.91 Å². The normalized spacial score (nSPS) is 15.6. The highest BCUT2D eigenvalue weighted by atomic mass is 16.6. The number of amides is 1. The van der Waals surface area contributed by atoms with Crippen LogP contribution in [0.4, 0.5) is 0 Å². The fraction of sp³-hybridized carbons (Fsp3) is 0.212. The van der Waals surface area contributed by atoms with Crippen molar-refractivity contribution in [1.82, 2.24) is 10.2 Å². The maximum atomic E-state index is 13.6. The Morgan fingerprint density at radius 2 is 1.41 bits per heavy atom. The van der Waals surface area contributed by atoms with E-state index in [0.717, 1.165) is 53.4 Å². The lowest BCUT2D eigenvalue weighted by atomic mass is 9.83. The first-order valence-electron chi connectivity index (χ1n) is 13.4. The zero-order valence-electron chi connectivity index (χ0n) is 22.0. The third-order valence-corrected chi connectivity index (χ3v) is 7.29. The number of nitrogens with one attached hydrogen (secondary N) is 1. The molecule has 1 amide bonds. The van der Waals surface area contributed by atoms with Gasteiger partial charge in [0.05, 0.1) is 0 Å². The molecular weight excluding hydrogens is 486 g/mol. The zero-order valence-corrected chi connectivity index (χ0v) is 22.0. The first-order valence-corrected chi connectivity index (χ1v) is 13.4. The monoisotopic (exact) mass is 517 g/mol. The average Bonchev–Trinajstić information content (AvgIpc) is 3.36. The lowest BCUT2D eigenvalue weighted by Gasteiger charge is -2.24. The molecule has 2 aliphatic rings. The van der Waals surface area contributed by atoms with Crippen LogP contribution >= 0.6 is 0 Å². The van der Waals surface area contributed by atoms with Crippen LogP contribution < -0.4 is 14.8 Å². The van der Waals surface area contributed by atoms with Crippen molar-refractivity contribution in [3.05, 3.63) is 131 Å². The molecule has 0 saturated carbocycles. The summed E-state index contributed by atoms with van der Waals surface area (Å²) < 4.78 is 11.4. The standard InChI is InChI=1S/C33H31N3O3/c1-2-36(23-25-16-17-29-30(21-25)39-19-18-38-29)22-24-10-9-11-26(20-24)31-34-32(37)33(35-31,27-12-5-3-6-13-27)28-14-7-4-8-15-28/h3-17,20-21H,2,18-19,22-23H2,1H3,(H,34,35,37). The number of amidine groups is 1. The largest absolute Gasteiger partial charge is 0.486 e. The van der Waals surface area contributed by atoms with Crippen molar-refractivity contribution in [1.29, 1.82) is 0 Å². The molecule has 1 N–H and O–H groups in total. The van der Waals surface area contributed by atoms with E-state index in [-0.39, 0.29) is 5.91 Å². The van der Waals surface area contributed by atoms with E-state index >= 15 is 0 Å². The molecule has 0 aliphatic carbocycles. The summed E-state index contributed by atoms with van der Waals surface area (Å²) in [5.74, 6) is 2.06. The lowest BCUT2D eigenvalue weighted by Crippen LogP contribution is -2.38. The van der Waals surface area contributed by atoms with Gasteiger partial charge in [0.2, 0.25) is 0 Å². The number of carbonyl (C=O) groups is 1. The number of hydrogen-bond donors (Lipinski definition) is 1.